The molecule has 4 heteroatoms. The van der Waals surface area contributed by atoms with E-state index in [1.807, 2.05) is 18.2 Å². The summed E-state index contributed by atoms with van der Waals surface area (Å²) in [5, 5.41) is 4.34. The highest BCUT2D eigenvalue weighted by atomic mass is 15.0. The number of fused-ring (bicyclic) bond motifs is 2. The minimum absolute atomic E-state index is 0.717. The van der Waals surface area contributed by atoms with Gasteiger partial charge in [0.2, 0.25) is 0 Å². The van der Waals surface area contributed by atoms with Crippen molar-refractivity contribution in [2.45, 2.75) is 19.3 Å². The highest BCUT2D eigenvalue weighted by Gasteiger charge is 2.11. The number of nitrogens with zero attached hydrogens (tertiary/aromatic N) is 2. The van der Waals surface area contributed by atoms with E-state index in [0.717, 1.165) is 22.4 Å². The summed E-state index contributed by atoms with van der Waals surface area (Å²) < 4.78 is 0. The second-order valence-electron chi connectivity index (χ2n) is 5.46. The van der Waals surface area contributed by atoms with Crippen molar-refractivity contribution in [2.24, 2.45) is 0 Å². The molecule has 4 nitrogen and oxygen atoms in total. The molecule has 3 aromatic rings. The van der Waals surface area contributed by atoms with Crippen LogP contribution in [0.1, 0.15) is 17.5 Å². The summed E-state index contributed by atoms with van der Waals surface area (Å²) in [5.74, 6) is 0.797. The maximum Gasteiger partial charge on any atom is 0.141 e. The number of benzene rings is 2. The number of aryl methyl sites for hydroxylation is 2. The van der Waals surface area contributed by atoms with E-state index in [1.165, 1.54) is 30.4 Å². The zero-order valence-corrected chi connectivity index (χ0v) is 11.6. The molecule has 3 N–H and O–H groups in total. The monoisotopic (exact) mass is 276 g/mol. The molecule has 0 spiro atoms. The summed E-state index contributed by atoms with van der Waals surface area (Å²) in [6.45, 7) is 0. The van der Waals surface area contributed by atoms with Gasteiger partial charge in [-0.05, 0) is 60.7 Å². The number of hydrogen-bond acceptors (Lipinski definition) is 4. The van der Waals surface area contributed by atoms with Gasteiger partial charge in [0, 0.05) is 16.8 Å². The number of nitrogens with two attached hydrogens (primary N) is 1. The second kappa shape index (κ2) is 4.74. The average molecular weight is 276 g/mol. The van der Waals surface area contributed by atoms with Crippen molar-refractivity contribution in [3.8, 4) is 0 Å². The highest BCUT2D eigenvalue weighted by Crippen LogP contribution is 2.28. The van der Waals surface area contributed by atoms with Gasteiger partial charge in [-0.2, -0.15) is 0 Å². The Bertz CT molecular complexity index is 826. The van der Waals surface area contributed by atoms with E-state index >= 15 is 0 Å². The van der Waals surface area contributed by atoms with Crippen LogP contribution in [0.25, 0.3) is 10.9 Å². The molecular weight excluding hydrogens is 260 g/mol. The number of hydrogen-bond donors (Lipinski definition) is 2. The summed E-state index contributed by atoms with van der Waals surface area (Å²) >= 11 is 0. The fourth-order valence-corrected chi connectivity index (χ4v) is 2.96. The number of anilines is 3. The van der Waals surface area contributed by atoms with E-state index in [4.69, 9.17) is 5.73 Å². The van der Waals surface area contributed by atoms with Gasteiger partial charge < -0.3 is 11.1 Å². The highest BCUT2D eigenvalue weighted by molar-refractivity contribution is 5.92. The van der Waals surface area contributed by atoms with Gasteiger partial charge in [-0.1, -0.05) is 6.07 Å². The lowest BCUT2D eigenvalue weighted by atomic mass is 10.1. The summed E-state index contributed by atoms with van der Waals surface area (Å²) in [4.78, 5) is 8.63. The molecule has 2 aromatic carbocycles. The van der Waals surface area contributed by atoms with Crippen molar-refractivity contribution in [1.29, 1.82) is 0 Å². The molecule has 104 valence electrons. The van der Waals surface area contributed by atoms with Gasteiger partial charge in [-0.3, -0.25) is 0 Å². The zero-order valence-electron chi connectivity index (χ0n) is 11.6. The first kappa shape index (κ1) is 12.1. The third-order valence-electron chi connectivity index (χ3n) is 4.02. The Morgan fingerprint density at radius 3 is 2.81 bits per heavy atom. The standard InChI is InChI=1S/C17H16N4/c18-13-5-7-16-15(9-13)17(20-10-19-16)21-14-6-4-11-2-1-3-12(11)8-14/h4-10H,1-3,18H2,(H,19,20,21). The van der Waals surface area contributed by atoms with E-state index in [1.54, 1.807) is 6.33 Å². The first-order chi connectivity index (χ1) is 10.3. The molecule has 1 aromatic heterocycles. The van der Waals surface area contributed by atoms with Crippen LogP contribution in [0.5, 0.6) is 0 Å². The number of nitrogens with one attached hydrogen (secondary N) is 1. The van der Waals surface area contributed by atoms with E-state index in [2.05, 4.69) is 33.5 Å². The maximum atomic E-state index is 5.88. The van der Waals surface area contributed by atoms with Gasteiger partial charge in [0.25, 0.3) is 0 Å². The summed E-state index contributed by atoms with van der Waals surface area (Å²) in [6, 6.07) is 12.2. The van der Waals surface area contributed by atoms with Crippen molar-refractivity contribution in [3.05, 3.63) is 53.9 Å². The first-order valence-corrected chi connectivity index (χ1v) is 7.19. The third-order valence-corrected chi connectivity index (χ3v) is 4.02. The topological polar surface area (TPSA) is 63.8 Å². The lowest BCUT2D eigenvalue weighted by molar-refractivity contribution is 0.912. The molecule has 0 amide bonds. The Balaban J connectivity index is 1.75. The van der Waals surface area contributed by atoms with Crippen LogP contribution < -0.4 is 11.1 Å². The third kappa shape index (κ3) is 2.18. The van der Waals surface area contributed by atoms with Crippen molar-refractivity contribution in [3.63, 3.8) is 0 Å². The van der Waals surface area contributed by atoms with Crippen molar-refractivity contribution in [2.75, 3.05) is 11.1 Å². The normalized spacial score (nSPS) is 13.3. The molecule has 1 aliphatic rings. The van der Waals surface area contributed by atoms with Gasteiger partial charge in [0.15, 0.2) is 0 Å². The predicted octanol–water partition coefficient (Wildman–Crippen LogP) is 3.44. The Hall–Kier alpha value is -2.62. The smallest absolute Gasteiger partial charge is 0.141 e. The van der Waals surface area contributed by atoms with Crippen molar-refractivity contribution in [1.82, 2.24) is 9.97 Å². The van der Waals surface area contributed by atoms with E-state index in [9.17, 15) is 0 Å². The fraction of sp³-hybridized carbons (Fsp3) is 0.176. The second-order valence-corrected chi connectivity index (χ2v) is 5.46. The van der Waals surface area contributed by atoms with Crippen LogP contribution in [-0.2, 0) is 12.8 Å². The number of aromatic nitrogens is 2. The minimum atomic E-state index is 0.717. The average Bonchev–Trinajstić information content (AvgIpc) is 2.95. The zero-order chi connectivity index (χ0) is 14.2. The van der Waals surface area contributed by atoms with Crippen molar-refractivity contribution < 1.29 is 0 Å². The lowest BCUT2D eigenvalue weighted by Gasteiger charge is -2.10. The van der Waals surface area contributed by atoms with E-state index < -0.39 is 0 Å². The lowest BCUT2D eigenvalue weighted by Crippen LogP contribution is -1.97. The van der Waals surface area contributed by atoms with Crippen LogP contribution in [0.3, 0.4) is 0 Å². The van der Waals surface area contributed by atoms with Gasteiger partial charge >= 0.3 is 0 Å². The van der Waals surface area contributed by atoms with Crippen LogP contribution in [0, 0.1) is 0 Å². The first-order valence-electron chi connectivity index (χ1n) is 7.19. The fourth-order valence-electron chi connectivity index (χ4n) is 2.96. The van der Waals surface area contributed by atoms with Crippen LogP contribution in [0.2, 0.25) is 0 Å². The molecule has 21 heavy (non-hydrogen) atoms. The largest absolute Gasteiger partial charge is 0.399 e. The molecule has 0 aliphatic heterocycles. The van der Waals surface area contributed by atoms with E-state index in [0.29, 0.717) is 5.69 Å². The Morgan fingerprint density at radius 1 is 0.952 bits per heavy atom. The molecule has 0 saturated heterocycles. The van der Waals surface area contributed by atoms with Crippen LogP contribution >= 0.6 is 0 Å². The SMILES string of the molecule is Nc1ccc2ncnc(Nc3ccc4c(c3)CCC4)c2c1. The molecule has 0 fully saturated rings. The minimum Gasteiger partial charge on any atom is -0.399 e. The van der Waals surface area contributed by atoms with Crippen LogP contribution in [0.4, 0.5) is 17.2 Å². The quantitative estimate of drug-likeness (QED) is 0.704. The Labute approximate surface area is 123 Å². The van der Waals surface area contributed by atoms with Gasteiger partial charge in [0.05, 0.1) is 5.52 Å². The van der Waals surface area contributed by atoms with Gasteiger partial charge in [-0.15, -0.1) is 0 Å². The van der Waals surface area contributed by atoms with Crippen LogP contribution in [0.15, 0.2) is 42.7 Å². The van der Waals surface area contributed by atoms with Crippen molar-refractivity contribution >= 4 is 28.1 Å². The molecular formula is C17H16N4. The molecule has 0 radical (unpaired) electrons. The molecule has 0 bridgehead atoms. The van der Waals surface area contributed by atoms with Gasteiger partial charge in [-0.25, -0.2) is 9.97 Å². The predicted molar refractivity (Wildman–Crippen MR) is 85.7 cm³/mol. The summed E-state index contributed by atoms with van der Waals surface area (Å²) in [6.07, 6.45) is 5.20. The molecule has 0 saturated carbocycles. The maximum absolute atomic E-state index is 5.88. The number of rotatable bonds is 2. The Morgan fingerprint density at radius 2 is 1.86 bits per heavy atom. The molecule has 4 rings (SSSR count). The summed E-state index contributed by atoms with van der Waals surface area (Å²) in [5.41, 5.74) is 11.5. The Kier molecular flexibility index (Phi) is 2.74. The molecule has 1 aliphatic carbocycles. The molecule has 1 heterocycles. The van der Waals surface area contributed by atoms with E-state index in [-0.39, 0.29) is 0 Å². The van der Waals surface area contributed by atoms with Gasteiger partial charge in [0.1, 0.15) is 12.1 Å². The number of nitrogen functional groups attached to an aromatic ring is 1. The molecule has 0 atom stereocenters. The summed E-state index contributed by atoms with van der Waals surface area (Å²) in [7, 11) is 0. The van der Waals surface area contributed by atoms with Crippen LogP contribution in [-0.4, -0.2) is 9.97 Å². The molecule has 0 unspecified atom stereocenters.